The van der Waals surface area contributed by atoms with E-state index < -0.39 is 5.97 Å². The molecule has 1 heterocycles. The number of carboxylic acids is 1. The molecule has 0 saturated heterocycles. The Morgan fingerprint density at radius 1 is 1.47 bits per heavy atom. The van der Waals surface area contributed by atoms with Crippen LogP contribution >= 0.6 is 11.6 Å². The summed E-state index contributed by atoms with van der Waals surface area (Å²) in [5.41, 5.74) is 0.896. The highest BCUT2D eigenvalue weighted by Gasteiger charge is 2.07. The molecular weight excluding hydrogens is 266 g/mol. The lowest BCUT2D eigenvalue weighted by Gasteiger charge is -2.10. The lowest BCUT2D eigenvalue weighted by atomic mass is 10.1. The number of benzene rings is 1. The number of aromatic nitrogens is 2. The fourth-order valence-electron chi connectivity index (χ4n) is 1.67. The molecule has 0 radical (unpaired) electrons. The summed E-state index contributed by atoms with van der Waals surface area (Å²) in [6.07, 6.45) is 1.72. The van der Waals surface area contributed by atoms with E-state index in [1.807, 2.05) is 18.2 Å². The second-order valence-corrected chi connectivity index (χ2v) is 4.33. The molecule has 0 saturated carbocycles. The Bertz CT molecular complexity index is 617. The standard InChI is InChI=1S/C13H12ClN3O2/c1-15-12-10(13(18)19)7-16-11(17-12)6-8-3-2-4-9(14)5-8/h2-5,7H,6H2,1H3,(H,18,19)(H,15,16,17)/p-1. The summed E-state index contributed by atoms with van der Waals surface area (Å²) in [6.45, 7) is 0. The molecule has 0 aliphatic rings. The number of nitrogens with zero attached hydrogens (tertiary/aromatic N) is 2. The van der Waals surface area contributed by atoms with Crippen LogP contribution in [0.2, 0.25) is 5.02 Å². The Morgan fingerprint density at radius 2 is 2.26 bits per heavy atom. The molecule has 1 aromatic heterocycles. The van der Waals surface area contributed by atoms with Crippen molar-refractivity contribution in [3.8, 4) is 0 Å². The number of carboxylic acid groups (broad SMARTS) is 1. The number of aromatic carboxylic acids is 1. The highest BCUT2D eigenvalue weighted by molar-refractivity contribution is 6.30. The monoisotopic (exact) mass is 276 g/mol. The number of carbonyl (C=O) groups is 1. The van der Waals surface area contributed by atoms with Crippen molar-refractivity contribution >= 4 is 23.4 Å². The van der Waals surface area contributed by atoms with E-state index in [1.54, 1.807) is 13.1 Å². The number of nitrogens with one attached hydrogen (secondary N) is 1. The van der Waals surface area contributed by atoms with E-state index in [0.29, 0.717) is 17.3 Å². The Kier molecular flexibility index (Phi) is 3.97. The summed E-state index contributed by atoms with van der Waals surface area (Å²) >= 11 is 5.90. The highest BCUT2D eigenvalue weighted by Crippen LogP contribution is 2.15. The Balaban J connectivity index is 2.29. The molecule has 0 atom stereocenters. The average Bonchev–Trinajstić information content (AvgIpc) is 2.38. The molecule has 6 heteroatoms. The summed E-state index contributed by atoms with van der Waals surface area (Å²) in [6, 6.07) is 7.34. The summed E-state index contributed by atoms with van der Waals surface area (Å²) in [4.78, 5) is 19.0. The van der Waals surface area contributed by atoms with Crippen LogP contribution < -0.4 is 10.4 Å². The number of carbonyl (C=O) groups excluding carboxylic acids is 1. The number of hydrogen-bond donors (Lipinski definition) is 1. The third-order valence-electron chi connectivity index (χ3n) is 2.55. The van der Waals surface area contributed by atoms with Crippen LogP contribution in [0.4, 0.5) is 5.82 Å². The maximum Gasteiger partial charge on any atom is 0.138 e. The maximum atomic E-state index is 10.8. The van der Waals surface area contributed by atoms with Gasteiger partial charge in [-0.1, -0.05) is 23.7 Å². The van der Waals surface area contributed by atoms with Gasteiger partial charge in [0.2, 0.25) is 0 Å². The lowest BCUT2D eigenvalue weighted by molar-refractivity contribution is -0.255. The first-order valence-electron chi connectivity index (χ1n) is 5.59. The Labute approximate surface area is 115 Å². The second-order valence-electron chi connectivity index (χ2n) is 3.89. The summed E-state index contributed by atoms with van der Waals surface area (Å²) in [5, 5.41) is 14.2. The van der Waals surface area contributed by atoms with Crippen molar-refractivity contribution in [1.82, 2.24) is 9.97 Å². The molecule has 19 heavy (non-hydrogen) atoms. The SMILES string of the molecule is CNc1nc(Cc2cccc(Cl)c2)ncc1C(=O)[O-]. The smallest absolute Gasteiger partial charge is 0.138 e. The van der Waals surface area contributed by atoms with Crippen molar-refractivity contribution in [2.24, 2.45) is 0 Å². The number of halogens is 1. The van der Waals surface area contributed by atoms with Crippen LogP contribution in [0.15, 0.2) is 30.5 Å². The first-order chi connectivity index (χ1) is 9.10. The zero-order valence-electron chi connectivity index (χ0n) is 10.2. The van der Waals surface area contributed by atoms with Crippen LogP contribution in [0.3, 0.4) is 0 Å². The molecule has 0 unspecified atom stereocenters. The average molecular weight is 277 g/mol. The molecule has 98 valence electrons. The van der Waals surface area contributed by atoms with Gasteiger partial charge in [0.1, 0.15) is 11.6 Å². The molecule has 1 aromatic carbocycles. The third kappa shape index (κ3) is 3.20. The summed E-state index contributed by atoms with van der Waals surface area (Å²) in [7, 11) is 1.60. The highest BCUT2D eigenvalue weighted by atomic mass is 35.5. The van der Waals surface area contributed by atoms with Crippen molar-refractivity contribution in [1.29, 1.82) is 0 Å². The molecule has 1 N–H and O–H groups in total. The zero-order valence-corrected chi connectivity index (χ0v) is 10.9. The zero-order chi connectivity index (χ0) is 13.8. The van der Waals surface area contributed by atoms with Crippen molar-refractivity contribution in [2.75, 3.05) is 12.4 Å². The molecule has 5 nitrogen and oxygen atoms in total. The predicted molar refractivity (Wildman–Crippen MR) is 70.2 cm³/mol. The van der Waals surface area contributed by atoms with Gasteiger partial charge in [-0.25, -0.2) is 9.97 Å². The lowest BCUT2D eigenvalue weighted by Crippen LogP contribution is -2.24. The first-order valence-corrected chi connectivity index (χ1v) is 5.97. The summed E-state index contributed by atoms with van der Waals surface area (Å²) < 4.78 is 0. The van der Waals surface area contributed by atoms with E-state index in [0.717, 1.165) is 5.56 Å². The van der Waals surface area contributed by atoms with Crippen LogP contribution in [0.5, 0.6) is 0 Å². The molecule has 0 amide bonds. The summed E-state index contributed by atoms with van der Waals surface area (Å²) in [5.74, 6) is -0.553. The third-order valence-corrected chi connectivity index (χ3v) is 2.78. The molecule has 2 aromatic rings. The van der Waals surface area contributed by atoms with Crippen LogP contribution in [-0.2, 0) is 6.42 Å². The normalized spacial score (nSPS) is 10.2. The molecular formula is C13H11ClN3O2-. The van der Waals surface area contributed by atoms with Gasteiger partial charge in [-0.2, -0.15) is 0 Å². The van der Waals surface area contributed by atoms with Gasteiger partial charge in [-0.15, -0.1) is 0 Å². The number of hydrogen-bond acceptors (Lipinski definition) is 5. The minimum Gasteiger partial charge on any atom is -0.545 e. The molecule has 2 rings (SSSR count). The van der Waals surface area contributed by atoms with Gasteiger partial charge >= 0.3 is 0 Å². The molecule has 0 spiro atoms. The van der Waals surface area contributed by atoms with E-state index in [2.05, 4.69) is 15.3 Å². The minimum atomic E-state index is -1.31. The van der Waals surface area contributed by atoms with E-state index in [4.69, 9.17) is 11.6 Å². The van der Waals surface area contributed by atoms with Crippen LogP contribution in [0.25, 0.3) is 0 Å². The van der Waals surface area contributed by atoms with Crippen LogP contribution in [0, 0.1) is 0 Å². The van der Waals surface area contributed by atoms with Crippen molar-refractivity contribution in [3.05, 3.63) is 52.4 Å². The molecule has 0 aliphatic carbocycles. The van der Waals surface area contributed by atoms with E-state index in [-0.39, 0.29) is 11.4 Å². The maximum absolute atomic E-state index is 10.8. The van der Waals surface area contributed by atoms with Crippen molar-refractivity contribution < 1.29 is 9.90 Å². The van der Waals surface area contributed by atoms with Gasteiger partial charge in [0.15, 0.2) is 0 Å². The van der Waals surface area contributed by atoms with Gasteiger partial charge in [-0.05, 0) is 17.7 Å². The minimum absolute atomic E-state index is 0.0580. The molecule has 0 aliphatic heterocycles. The van der Waals surface area contributed by atoms with E-state index >= 15 is 0 Å². The fourth-order valence-corrected chi connectivity index (χ4v) is 1.89. The number of anilines is 1. The van der Waals surface area contributed by atoms with Crippen LogP contribution in [0.1, 0.15) is 21.7 Å². The van der Waals surface area contributed by atoms with Gasteiger partial charge in [0.05, 0.1) is 11.5 Å². The van der Waals surface area contributed by atoms with Gasteiger partial charge in [0, 0.05) is 24.7 Å². The molecule has 0 fully saturated rings. The van der Waals surface area contributed by atoms with Crippen LogP contribution in [-0.4, -0.2) is 23.0 Å². The Hall–Kier alpha value is -2.14. The predicted octanol–water partition coefficient (Wildman–Crippen LogP) is 1.13. The van der Waals surface area contributed by atoms with Crippen molar-refractivity contribution in [3.63, 3.8) is 0 Å². The fraction of sp³-hybridized carbons (Fsp3) is 0.154. The van der Waals surface area contributed by atoms with Crippen molar-refractivity contribution in [2.45, 2.75) is 6.42 Å². The quantitative estimate of drug-likeness (QED) is 0.906. The van der Waals surface area contributed by atoms with E-state index in [1.165, 1.54) is 6.20 Å². The Morgan fingerprint density at radius 3 is 2.89 bits per heavy atom. The number of rotatable bonds is 4. The van der Waals surface area contributed by atoms with Gasteiger partial charge < -0.3 is 15.2 Å². The topological polar surface area (TPSA) is 77.9 Å². The largest absolute Gasteiger partial charge is 0.545 e. The first kappa shape index (κ1) is 13.3. The second kappa shape index (κ2) is 5.67. The van der Waals surface area contributed by atoms with Gasteiger partial charge in [0.25, 0.3) is 0 Å². The van der Waals surface area contributed by atoms with Gasteiger partial charge in [-0.3, -0.25) is 0 Å². The van der Waals surface area contributed by atoms with E-state index in [9.17, 15) is 9.90 Å². The molecule has 0 bridgehead atoms.